The monoisotopic (exact) mass is 333 g/mol. The van der Waals surface area contributed by atoms with Gasteiger partial charge < -0.3 is 26.6 Å². The van der Waals surface area contributed by atoms with Crippen molar-refractivity contribution in [2.75, 3.05) is 44.4 Å². The molecule has 5 N–H and O–H groups in total. The lowest BCUT2D eigenvalue weighted by molar-refractivity contribution is -0.117. The fraction of sp³-hybridized carbons (Fsp3) is 0.467. The second-order valence-electron chi connectivity index (χ2n) is 5.94. The first-order valence-corrected chi connectivity index (χ1v) is 7.66. The van der Waals surface area contributed by atoms with E-state index in [9.17, 15) is 9.59 Å². The summed E-state index contributed by atoms with van der Waals surface area (Å²) in [6, 6.07) is 0.0159. The van der Waals surface area contributed by atoms with Crippen molar-refractivity contribution in [3.63, 3.8) is 0 Å². The quantitative estimate of drug-likeness (QED) is 0.567. The Morgan fingerprint density at radius 2 is 2.25 bits per heavy atom. The second kappa shape index (κ2) is 7.73. The van der Waals surface area contributed by atoms with Gasteiger partial charge in [-0.2, -0.15) is 4.98 Å². The smallest absolute Gasteiger partial charge is 0.254 e. The first kappa shape index (κ1) is 17.7. The Labute approximate surface area is 140 Å². The summed E-state index contributed by atoms with van der Waals surface area (Å²) in [4.78, 5) is 35.1. The minimum absolute atomic E-state index is 0.0159. The number of hydrogen-bond acceptors (Lipinski definition) is 7. The molecule has 2 amide bonds. The third-order valence-electron chi connectivity index (χ3n) is 3.63. The van der Waals surface area contributed by atoms with Crippen molar-refractivity contribution in [2.45, 2.75) is 12.5 Å². The number of nitrogens with one attached hydrogen (secondary N) is 1. The van der Waals surface area contributed by atoms with Crippen molar-refractivity contribution < 1.29 is 9.59 Å². The predicted molar refractivity (Wildman–Crippen MR) is 91.4 cm³/mol. The Hall–Kier alpha value is -2.68. The molecule has 2 heterocycles. The van der Waals surface area contributed by atoms with Gasteiger partial charge in [0.25, 0.3) is 5.91 Å². The molecule has 9 nitrogen and oxygen atoms in total. The van der Waals surface area contributed by atoms with Crippen molar-refractivity contribution in [3.05, 3.63) is 23.9 Å². The highest BCUT2D eigenvalue weighted by molar-refractivity contribution is 5.96. The van der Waals surface area contributed by atoms with Gasteiger partial charge in [-0.1, -0.05) is 6.08 Å². The van der Waals surface area contributed by atoms with Gasteiger partial charge in [0.1, 0.15) is 5.82 Å². The Kier molecular flexibility index (Phi) is 5.69. The van der Waals surface area contributed by atoms with E-state index in [0.717, 1.165) is 6.42 Å². The third kappa shape index (κ3) is 4.66. The van der Waals surface area contributed by atoms with Crippen LogP contribution in [0.2, 0.25) is 0 Å². The summed E-state index contributed by atoms with van der Waals surface area (Å²) < 4.78 is 0. The zero-order valence-corrected chi connectivity index (χ0v) is 13.9. The summed E-state index contributed by atoms with van der Waals surface area (Å²) in [5.41, 5.74) is 11.0. The number of nitrogens with zero attached hydrogens (tertiary/aromatic N) is 4. The van der Waals surface area contributed by atoms with Crippen LogP contribution in [0.3, 0.4) is 0 Å². The van der Waals surface area contributed by atoms with Gasteiger partial charge in [0.05, 0.1) is 5.56 Å². The van der Waals surface area contributed by atoms with Gasteiger partial charge >= 0.3 is 0 Å². The van der Waals surface area contributed by atoms with Crippen molar-refractivity contribution >= 4 is 23.6 Å². The lowest BCUT2D eigenvalue weighted by Crippen LogP contribution is -2.36. The van der Waals surface area contributed by atoms with Crippen molar-refractivity contribution in [2.24, 2.45) is 5.73 Å². The molecule has 1 aromatic heterocycles. The number of hydrogen-bond donors (Lipinski definition) is 3. The van der Waals surface area contributed by atoms with E-state index in [1.54, 1.807) is 6.08 Å². The summed E-state index contributed by atoms with van der Waals surface area (Å²) in [5.74, 6) is -0.285. The molecule has 0 saturated carbocycles. The summed E-state index contributed by atoms with van der Waals surface area (Å²) in [7, 11) is 3.87. The minimum Gasteiger partial charge on any atom is -0.383 e. The van der Waals surface area contributed by atoms with E-state index < -0.39 is 5.91 Å². The largest absolute Gasteiger partial charge is 0.383 e. The molecule has 2 rings (SSSR count). The van der Waals surface area contributed by atoms with E-state index in [0.29, 0.717) is 25.6 Å². The lowest BCUT2D eigenvalue weighted by atomic mass is 10.2. The first-order chi connectivity index (χ1) is 11.4. The van der Waals surface area contributed by atoms with Crippen LogP contribution in [-0.4, -0.2) is 66.5 Å². The minimum atomic E-state index is -0.657. The molecule has 130 valence electrons. The van der Waals surface area contributed by atoms with E-state index in [1.807, 2.05) is 30.0 Å². The van der Waals surface area contributed by atoms with Crippen LogP contribution in [0.1, 0.15) is 16.8 Å². The molecule has 24 heavy (non-hydrogen) atoms. The van der Waals surface area contributed by atoms with E-state index in [2.05, 4.69) is 15.3 Å². The number of likely N-dealkylation sites (N-methyl/N-ethyl adjacent to an activating group) is 1. The van der Waals surface area contributed by atoms with E-state index in [-0.39, 0.29) is 23.3 Å². The first-order valence-electron chi connectivity index (χ1n) is 7.66. The zero-order valence-electron chi connectivity index (χ0n) is 13.9. The normalized spacial score (nSPS) is 17.6. The van der Waals surface area contributed by atoms with Crippen LogP contribution in [0, 0.1) is 0 Å². The highest BCUT2D eigenvalue weighted by Gasteiger charge is 2.25. The van der Waals surface area contributed by atoms with Crippen molar-refractivity contribution in [1.82, 2.24) is 20.2 Å². The highest BCUT2D eigenvalue weighted by Crippen LogP contribution is 2.18. The standard InChI is InChI=1S/C15H23N7O2/c1-21(2)6-3-4-12(23)19-10-5-7-22(9-10)15-18-8-11(14(17)24)13(16)20-15/h3-4,8,10H,5-7,9H2,1-2H3,(H2,17,24)(H,19,23)(H2,16,18,20). The predicted octanol–water partition coefficient (Wildman–Crippen LogP) is -1.03. The number of anilines is 2. The summed E-state index contributed by atoms with van der Waals surface area (Å²) >= 11 is 0. The molecule has 0 radical (unpaired) electrons. The number of carbonyl (C=O) groups excluding carboxylic acids is 2. The summed E-state index contributed by atoms with van der Waals surface area (Å²) in [5, 5.41) is 2.95. The van der Waals surface area contributed by atoms with Crippen molar-refractivity contribution in [3.8, 4) is 0 Å². The molecule has 1 aliphatic rings. The van der Waals surface area contributed by atoms with E-state index in [1.165, 1.54) is 6.20 Å². The molecular formula is C15H23N7O2. The summed E-state index contributed by atoms with van der Waals surface area (Å²) in [6.45, 7) is 1.99. The molecule has 1 atom stereocenters. The molecule has 0 spiro atoms. The Morgan fingerprint density at radius 3 is 2.88 bits per heavy atom. The fourth-order valence-electron chi connectivity index (χ4n) is 2.41. The molecule has 0 aliphatic carbocycles. The number of rotatable bonds is 6. The van der Waals surface area contributed by atoms with Crippen LogP contribution in [0.25, 0.3) is 0 Å². The van der Waals surface area contributed by atoms with Crippen LogP contribution in [0.5, 0.6) is 0 Å². The number of amides is 2. The number of carbonyl (C=O) groups is 2. The molecular weight excluding hydrogens is 310 g/mol. The summed E-state index contributed by atoms with van der Waals surface area (Å²) in [6.07, 6.45) is 5.47. The Bertz CT molecular complexity index is 645. The third-order valence-corrected chi connectivity index (χ3v) is 3.63. The second-order valence-corrected chi connectivity index (χ2v) is 5.94. The molecule has 1 aliphatic heterocycles. The molecule has 1 fully saturated rings. The highest BCUT2D eigenvalue weighted by atomic mass is 16.1. The van der Waals surface area contributed by atoms with E-state index >= 15 is 0 Å². The molecule has 1 saturated heterocycles. The Morgan fingerprint density at radius 1 is 1.50 bits per heavy atom. The van der Waals surface area contributed by atoms with Gasteiger partial charge in [0.2, 0.25) is 11.9 Å². The van der Waals surface area contributed by atoms with Crippen LogP contribution in [-0.2, 0) is 4.79 Å². The maximum Gasteiger partial charge on any atom is 0.254 e. The van der Waals surface area contributed by atoms with Crippen LogP contribution in [0.4, 0.5) is 11.8 Å². The van der Waals surface area contributed by atoms with Crippen LogP contribution in [0.15, 0.2) is 18.3 Å². The van der Waals surface area contributed by atoms with Gasteiger partial charge in [0.15, 0.2) is 0 Å². The van der Waals surface area contributed by atoms with Gasteiger partial charge in [-0.05, 0) is 20.5 Å². The number of primary amides is 1. The molecule has 9 heteroatoms. The maximum absolute atomic E-state index is 11.9. The average molecular weight is 333 g/mol. The maximum atomic E-state index is 11.9. The lowest BCUT2D eigenvalue weighted by Gasteiger charge is -2.17. The Balaban J connectivity index is 1.91. The van der Waals surface area contributed by atoms with Gasteiger partial charge in [-0.15, -0.1) is 0 Å². The molecule has 1 aromatic rings. The number of aromatic nitrogens is 2. The number of nitrogen functional groups attached to an aromatic ring is 1. The fourth-order valence-corrected chi connectivity index (χ4v) is 2.41. The SMILES string of the molecule is CN(C)CC=CC(=O)NC1CCN(c2ncc(C(N)=O)c(N)n2)C1. The molecule has 0 aromatic carbocycles. The topological polar surface area (TPSA) is 130 Å². The van der Waals surface area contributed by atoms with Crippen molar-refractivity contribution in [1.29, 1.82) is 0 Å². The van der Waals surface area contributed by atoms with Crippen LogP contribution < -0.4 is 21.7 Å². The van der Waals surface area contributed by atoms with Gasteiger partial charge in [-0.25, -0.2) is 4.98 Å². The van der Waals surface area contributed by atoms with E-state index in [4.69, 9.17) is 11.5 Å². The average Bonchev–Trinajstić information content (AvgIpc) is 2.94. The zero-order chi connectivity index (χ0) is 17.7. The van der Waals surface area contributed by atoms with Crippen LogP contribution >= 0.6 is 0 Å². The van der Waals surface area contributed by atoms with Gasteiger partial charge in [0, 0.05) is 37.9 Å². The molecule has 1 unspecified atom stereocenters. The molecule has 0 bridgehead atoms. The van der Waals surface area contributed by atoms with Gasteiger partial charge in [-0.3, -0.25) is 9.59 Å². The number of nitrogens with two attached hydrogens (primary N) is 2.